The Labute approximate surface area is 167 Å². The van der Waals surface area contributed by atoms with Crippen LogP contribution in [0.4, 0.5) is 5.82 Å². The van der Waals surface area contributed by atoms with Gasteiger partial charge in [0.2, 0.25) is 0 Å². The van der Waals surface area contributed by atoms with Crippen molar-refractivity contribution in [1.29, 1.82) is 0 Å². The van der Waals surface area contributed by atoms with Crippen molar-refractivity contribution in [2.75, 3.05) is 31.1 Å². The van der Waals surface area contributed by atoms with Crippen LogP contribution in [0.25, 0.3) is 17.0 Å². The summed E-state index contributed by atoms with van der Waals surface area (Å²) in [6.07, 6.45) is 1.56. The van der Waals surface area contributed by atoms with E-state index in [1.807, 2.05) is 17.5 Å². The number of piperazine rings is 1. The number of hydrogen-bond acceptors (Lipinski definition) is 7. The van der Waals surface area contributed by atoms with Gasteiger partial charge >= 0.3 is 0 Å². The summed E-state index contributed by atoms with van der Waals surface area (Å²) in [7, 11) is 0. The van der Waals surface area contributed by atoms with Crippen molar-refractivity contribution in [2.24, 2.45) is 0 Å². The molecule has 8 heteroatoms. The Morgan fingerprint density at radius 1 is 1.04 bits per heavy atom. The molecule has 7 nitrogen and oxygen atoms in total. The van der Waals surface area contributed by atoms with Gasteiger partial charge < -0.3 is 4.90 Å². The van der Waals surface area contributed by atoms with E-state index >= 15 is 0 Å². The van der Waals surface area contributed by atoms with Crippen molar-refractivity contribution >= 4 is 22.9 Å². The SMILES string of the molecule is Cc1cc(N2CCN(Cc3nc(-c4ccccc4)cs3)CC2)n2ncnc2n1. The molecule has 1 saturated heterocycles. The monoisotopic (exact) mass is 391 g/mol. The smallest absolute Gasteiger partial charge is 0.254 e. The standard InChI is InChI=1S/C20H21N7S/c1-15-11-19(27-20(23-15)21-14-22-27)26-9-7-25(8-10-26)12-18-24-17(13-28-18)16-5-3-2-4-6-16/h2-6,11,13-14H,7-10,12H2,1H3. The Bertz CT molecular complexity index is 1080. The number of anilines is 1. The first-order valence-corrected chi connectivity index (χ1v) is 10.3. The molecule has 1 aliphatic heterocycles. The minimum atomic E-state index is 0.661. The molecule has 142 valence electrons. The molecule has 1 aliphatic rings. The predicted octanol–water partition coefficient (Wildman–Crippen LogP) is 2.88. The molecular weight excluding hydrogens is 370 g/mol. The number of fused-ring (bicyclic) bond motifs is 1. The van der Waals surface area contributed by atoms with Crippen LogP contribution in [0.1, 0.15) is 10.7 Å². The van der Waals surface area contributed by atoms with Crippen molar-refractivity contribution in [3.63, 3.8) is 0 Å². The van der Waals surface area contributed by atoms with E-state index in [1.165, 1.54) is 10.6 Å². The highest BCUT2D eigenvalue weighted by Gasteiger charge is 2.21. The third-order valence-corrected chi connectivity index (χ3v) is 5.87. The second-order valence-electron chi connectivity index (χ2n) is 6.98. The molecule has 28 heavy (non-hydrogen) atoms. The fraction of sp³-hybridized carbons (Fsp3) is 0.300. The van der Waals surface area contributed by atoms with Gasteiger partial charge in [0.25, 0.3) is 5.78 Å². The van der Waals surface area contributed by atoms with Gasteiger partial charge in [0.15, 0.2) is 0 Å². The summed E-state index contributed by atoms with van der Waals surface area (Å²) in [5.41, 5.74) is 3.22. The van der Waals surface area contributed by atoms with Crippen LogP contribution in [0.2, 0.25) is 0 Å². The molecule has 1 fully saturated rings. The molecule has 0 spiro atoms. The second-order valence-corrected chi connectivity index (χ2v) is 7.93. The number of rotatable bonds is 4. The van der Waals surface area contributed by atoms with Gasteiger partial charge in [-0.2, -0.15) is 14.6 Å². The molecule has 4 aromatic rings. The van der Waals surface area contributed by atoms with Gasteiger partial charge in [-0.15, -0.1) is 11.3 Å². The second kappa shape index (κ2) is 7.29. The molecular formula is C20H21N7S. The summed E-state index contributed by atoms with van der Waals surface area (Å²) in [6, 6.07) is 12.5. The number of thiazole rings is 1. The Morgan fingerprint density at radius 2 is 1.86 bits per heavy atom. The molecule has 1 aromatic carbocycles. The van der Waals surface area contributed by atoms with E-state index in [2.05, 4.69) is 60.6 Å². The summed E-state index contributed by atoms with van der Waals surface area (Å²) >= 11 is 1.74. The zero-order valence-corrected chi connectivity index (χ0v) is 16.5. The highest BCUT2D eigenvalue weighted by molar-refractivity contribution is 7.09. The lowest BCUT2D eigenvalue weighted by Gasteiger charge is -2.35. The van der Waals surface area contributed by atoms with Crippen LogP contribution < -0.4 is 4.90 Å². The topological polar surface area (TPSA) is 62.5 Å². The van der Waals surface area contributed by atoms with Crippen LogP contribution in [0.3, 0.4) is 0 Å². The zero-order valence-electron chi connectivity index (χ0n) is 15.7. The largest absolute Gasteiger partial charge is 0.354 e. The first kappa shape index (κ1) is 17.3. The molecule has 5 rings (SSSR count). The van der Waals surface area contributed by atoms with Crippen molar-refractivity contribution in [3.8, 4) is 11.3 Å². The lowest BCUT2D eigenvalue weighted by molar-refractivity contribution is 0.248. The molecule has 3 aromatic heterocycles. The van der Waals surface area contributed by atoms with Crippen LogP contribution in [0.5, 0.6) is 0 Å². The Hall–Kier alpha value is -2.84. The van der Waals surface area contributed by atoms with Crippen molar-refractivity contribution in [1.82, 2.24) is 29.5 Å². The normalized spacial score (nSPS) is 15.4. The summed E-state index contributed by atoms with van der Waals surface area (Å²) < 4.78 is 1.83. The number of aromatic nitrogens is 5. The van der Waals surface area contributed by atoms with Crippen LogP contribution in [-0.2, 0) is 6.54 Å². The first-order valence-electron chi connectivity index (χ1n) is 9.41. The lowest BCUT2D eigenvalue weighted by Crippen LogP contribution is -2.46. The van der Waals surface area contributed by atoms with Crippen LogP contribution >= 0.6 is 11.3 Å². The highest BCUT2D eigenvalue weighted by Crippen LogP contribution is 2.23. The van der Waals surface area contributed by atoms with E-state index in [4.69, 9.17) is 4.98 Å². The molecule has 0 amide bonds. The molecule has 4 heterocycles. The first-order chi connectivity index (χ1) is 13.8. The average Bonchev–Trinajstić information content (AvgIpc) is 3.38. The fourth-order valence-electron chi connectivity index (χ4n) is 3.59. The van der Waals surface area contributed by atoms with E-state index < -0.39 is 0 Å². The Kier molecular flexibility index (Phi) is 4.50. The highest BCUT2D eigenvalue weighted by atomic mass is 32.1. The molecule has 0 aliphatic carbocycles. The van der Waals surface area contributed by atoms with Gasteiger partial charge in [0, 0.05) is 48.9 Å². The maximum atomic E-state index is 4.83. The van der Waals surface area contributed by atoms with Gasteiger partial charge in [-0.05, 0) is 6.92 Å². The number of hydrogen-bond donors (Lipinski definition) is 0. The quantitative estimate of drug-likeness (QED) is 0.533. The average molecular weight is 392 g/mol. The summed E-state index contributed by atoms with van der Waals surface area (Å²) in [6.45, 7) is 6.81. The maximum absolute atomic E-state index is 4.83. The molecule has 0 bridgehead atoms. The number of benzene rings is 1. The zero-order chi connectivity index (χ0) is 18.9. The summed E-state index contributed by atoms with van der Waals surface area (Å²) in [4.78, 5) is 18.3. The van der Waals surface area contributed by atoms with Crippen molar-refractivity contribution in [2.45, 2.75) is 13.5 Å². The molecule has 0 radical (unpaired) electrons. The van der Waals surface area contributed by atoms with Crippen LogP contribution in [-0.4, -0.2) is 55.6 Å². The minimum Gasteiger partial charge on any atom is -0.354 e. The summed E-state index contributed by atoms with van der Waals surface area (Å²) in [5, 5.41) is 7.66. The third kappa shape index (κ3) is 3.36. The van der Waals surface area contributed by atoms with Crippen LogP contribution in [0, 0.1) is 6.92 Å². The summed E-state index contributed by atoms with van der Waals surface area (Å²) in [5.74, 6) is 1.73. The van der Waals surface area contributed by atoms with Gasteiger partial charge in [0.05, 0.1) is 12.2 Å². The Balaban J connectivity index is 1.25. The number of aryl methyl sites for hydroxylation is 1. The van der Waals surface area contributed by atoms with Crippen molar-refractivity contribution in [3.05, 3.63) is 58.8 Å². The maximum Gasteiger partial charge on any atom is 0.254 e. The van der Waals surface area contributed by atoms with E-state index in [1.54, 1.807) is 17.7 Å². The van der Waals surface area contributed by atoms with Gasteiger partial charge in [-0.25, -0.2) is 9.97 Å². The third-order valence-electron chi connectivity index (χ3n) is 5.04. The van der Waals surface area contributed by atoms with E-state index in [9.17, 15) is 0 Å². The van der Waals surface area contributed by atoms with Crippen LogP contribution in [0.15, 0.2) is 48.1 Å². The Morgan fingerprint density at radius 3 is 2.68 bits per heavy atom. The van der Waals surface area contributed by atoms with Crippen molar-refractivity contribution < 1.29 is 0 Å². The molecule has 0 unspecified atom stereocenters. The van der Waals surface area contributed by atoms with Gasteiger partial charge in [-0.1, -0.05) is 30.3 Å². The van der Waals surface area contributed by atoms with E-state index in [0.29, 0.717) is 5.78 Å². The molecule has 0 atom stereocenters. The number of nitrogens with zero attached hydrogens (tertiary/aromatic N) is 7. The molecule has 0 N–H and O–H groups in total. The fourth-order valence-corrected chi connectivity index (χ4v) is 4.43. The minimum absolute atomic E-state index is 0.661. The van der Waals surface area contributed by atoms with E-state index in [-0.39, 0.29) is 0 Å². The van der Waals surface area contributed by atoms with E-state index in [0.717, 1.165) is 49.9 Å². The lowest BCUT2D eigenvalue weighted by atomic mass is 10.2. The van der Waals surface area contributed by atoms with Gasteiger partial charge in [0.1, 0.15) is 17.2 Å². The molecule has 0 saturated carbocycles. The predicted molar refractivity (Wildman–Crippen MR) is 111 cm³/mol. The van der Waals surface area contributed by atoms with Gasteiger partial charge in [-0.3, -0.25) is 4.90 Å².